The first-order valence-corrected chi connectivity index (χ1v) is 6.28. The van der Waals surface area contributed by atoms with E-state index in [9.17, 15) is 13.2 Å². The summed E-state index contributed by atoms with van der Waals surface area (Å²) in [4.78, 5) is 12.8. The van der Waals surface area contributed by atoms with Gasteiger partial charge in [0.1, 0.15) is 5.75 Å². The highest BCUT2D eigenvalue weighted by Crippen LogP contribution is 1.98. The van der Waals surface area contributed by atoms with Gasteiger partial charge in [0.2, 0.25) is 5.91 Å². The van der Waals surface area contributed by atoms with E-state index < -0.39 is 15.6 Å². The zero-order chi connectivity index (χ0) is 11.4. The average molecular weight is 222 g/mol. The van der Waals surface area contributed by atoms with Crippen molar-refractivity contribution in [2.24, 2.45) is 5.73 Å². The molecular formula is C8H18N2O3S. The average Bonchev–Trinajstić information content (AvgIpc) is 2.01. The van der Waals surface area contributed by atoms with Gasteiger partial charge in [-0.3, -0.25) is 4.79 Å². The summed E-state index contributed by atoms with van der Waals surface area (Å²) >= 11 is 0. The van der Waals surface area contributed by atoms with Gasteiger partial charge in [-0.05, 0) is 13.8 Å². The number of rotatable bonds is 5. The van der Waals surface area contributed by atoms with Gasteiger partial charge in [0.25, 0.3) is 0 Å². The van der Waals surface area contributed by atoms with Crippen molar-refractivity contribution in [3.63, 3.8) is 0 Å². The molecule has 0 spiro atoms. The van der Waals surface area contributed by atoms with E-state index in [0.29, 0.717) is 0 Å². The van der Waals surface area contributed by atoms with Gasteiger partial charge in [0.05, 0.1) is 5.75 Å². The van der Waals surface area contributed by atoms with E-state index in [1.807, 2.05) is 13.8 Å². The van der Waals surface area contributed by atoms with E-state index in [2.05, 4.69) is 0 Å². The summed E-state index contributed by atoms with van der Waals surface area (Å²) in [6.07, 6.45) is 0. The van der Waals surface area contributed by atoms with Gasteiger partial charge in [-0.1, -0.05) is 0 Å². The normalized spacial score (nSPS) is 11.8. The summed E-state index contributed by atoms with van der Waals surface area (Å²) in [6.45, 7) is 3.71. The second-order valence-electron chi connectivity index (χ2n) is 3.48. The molecule has 0 fully saturated rings. The van der Waals surface area contributed by atoms with Crippen LogP contribution in [-0.4, -0.2) is 50.4 Å². The fourth-order valence-electron chi connectivity index (χ4n) is 0.830. The fourth-order valence-corrected chi connectivity index (χ4v) is 1.91. The first kappa shape index (κ1) is 13.4. The van der Waals surface area contributed by atoms with Gasteiger partial charge in [-0.15, -0.1) is 0 Å². The zero-order valence-electron chi connectivity index (χ0n) is 8.86. The molecule has 0 atom stereocenters. The third-order valence-corrected chi connectivity index (χ3v) is 3.48. The summed E-state index contributed by atoms with van der Waals surface area (Å²) in [7, 11) is -1.74. The standard InChI is InChI=1S/C8H18N2O3S/c1-7(2)10(3)8(11)6-14(12,13)5-4-9/h7H,4-6,9H2,1-3H3. The second kappa shape index (κ2) is 5.31. The van der Waals surface area contributed by atoms with E-state index in [1.54, 1.807) is 7.05 Å². The maximum Gasteiger partial charge on any atom is 0.237 e. The van der Waals surface area contributed by atoms with Gasteiger partial charge < -0.3 is 10.6 Å². The Morgan fingerprint density at radius 1 is 1.43 bits per heavy atom. The number of hydrogen-bond donors (Lipinski definition) is 1. The van der Waals surface area contributed by atoms with Crippen molar-refractivity contribution in [2.75, 3.05) is 25.1 Å². The predicted octanol–water partition coefficient (Wildman–Crippen LogP) is -0.773. The van der Waals surface area contributed by atoms with Crippen LogP contribution in [0.1, 0.15) is 13.8 Å². The van der Waals surface area contributed by atoms with Crippen LogP contribution in [0.15, 0.2) is 0 Å². The first-order valence-electron chi connectivity index (χ1n) is 4.46. The third-order valence-electron chi connectivity index (χ3n) is 1.94. The largest absolute Gasteiger partial charge is 0.342 e. The molecule has 1 amide bonds. The van der Waals surface area contributed by atoms with Gasteiger partial charge in [-0.25, -0.2) is 8.42 Å². The van der Waals surface area contributed by atoms with Crippen LogP contribution >= 0.6 is 0 Å². The molecule has 6 heteroatoms. The molecule has 0 unspecified atom stereocenters. The molecule has 0 aromatic heterocycles. The number of carbonyl (C=O) groups excluding carboxylic acids is 1. The Hall–Kier alpha value is -0.620. The number of carbonyl (C=O) groups is 1. The number of hydrogen-bond acceptors (Lipinski definition) is 4. The van der Waals surface area contributed by atoms with Gasteiger partial charge in [0, 0.05) is 19.6 Å². The Bertz CT molecular complexity index is 285. The summed E-state index contributed by atoms with van der Waals surface area (Å²) in [5, 5.41) is 0. The molecule has 0 rings (SSSR count). The quantitative estimate of drug-likeness (QED) is 0.662. The van der Waals surface area contributed by atoms with Crippen molar-refractivity contribution in [1.29, 1.82) is 0 Å². The monoisotopic (exact) mass is 222 g/mol. The van der Waals surface area contributed by atoms with E-state index in [4.69, 9.17) is 5.73 Å². The Kier molecular flexibility index (Phi) is 5.07. The predicted molar refractivity (Wildman–Crippen MR) is 55.6 cm³/mol. The Morgan fingerprint density at radius 3 is 2.29 bits per heavy atom. The van der Waals surface area contributed by atoms with Crippen LogP contribution in [0.5, 0.6) is 0 Å². The summed E-state index contributed by atoms with van der Waals surface area (Å²) < 4.78 is 22.5. The van der Waals surface area contributed by atoms with E-state index in [-0.39, 0.29) is 24.2 Å². The smallest absolute Gasteiger partial charge is 0.237 e. The number of nitrogens with two attached hydrogens (primary N) is 1. The number of sulfone groups is 1. The SMILES string of the molecule is CC(C)N(C)C(=O)CS(=O)(=O)CCN. The van der Waals surface area contributed by atoms with Crippen molar-refractivity contribution in [2.45, 2.75) is 19.9 Å². The molecule has 0 radical (unpaired) electrons. The maximum absolute atomic E-state index is 11.4. The van der Waals surface area contributed by atoms with Crippen LogP contribution in [0.4, 0.5) is 0 Å². The van der Waals surface area contributed by atoms with Crippen LogP contribution in [0.25, 0.3) is 0 Å². The molecule has 0 aliphatic rings. The molecule has 0 saturated carbocycles. The molecule has 0 saturated heterocycles. The molecule has 14 heavy (non-hydrogen) atoms. The van der Waals surface area contributed by atoms with E-state index >= 15 is 0 Å². The van der Waals surface area contributed by atoms with E-state index in [1.165, 1.54) is 4.90 Å². The molecule has 0 aliphatic carbocycles. The van der Waals surface area contributed by atoms with Crippen molar-refractivity contribution in [3.8, 4) is 0 Å². The number of nitrogens with zero attached hydrogens (tertiary/aromatic N) is 1. The summed E-state index contributed by atoms with van der Waals surface area (Å²) in [6, 6.07) is 0.00979. The van der Waals surface area contributed by atoms with Gasteiger partial charge >= 0.3 is 0 Å². The second-order valence-corrected chi connectivity index (χ2v) is 5.66. The molecular weight excluding hydrogens is 204 g/mol. The Balaban J connectivity index is 4.33. The molecule has 0 heterocycles. The van der Waals surface area contributed by atoms with Crippen LogP contribution in [0.2, 0.25) is 0 Å². The molecule has 0 aliphatic heterocycles. The highest BCUT2D eigenvalue weighted by molar-refractivity contribution is 7.92. The summed E-state index contributed by atoms with van der Waals surface area (Å²) in [5.74, 6) is -0.961. The highest BCUT2D eigenvalue weighted by atomic mass is 32.2. The fraction of sp³-hybridized carbons (Fsp3) is 0.875. The summed E-state index contributed by atoms with van der Waals surface area (Å²) in [5.41, 5.74) is 5.12. The first-order chi connectivity index (χ1) is 6.30. The number of amides is 1. The molecule has 5 nitrogen and oxygen atoms in total. The van der Waals surface area contributed by atoms with Crippen molar-refractivity contribution < 1.29 is 13.2 Å². The Labute approximate surface area is 85.2 Å². The van der Waals surface area contributed by atoms with Crippen molar-refractivity contribution >= 4 is 15.7 Å². The Morgan fingerprint density at radius 2 is 1.93 bits per heavy atom. The van der Waals surface area contributed by atoms with Crippen LogP contribution in [0, 0.1) is 0 Å². The molecule has 0 bridgehead atoms. The minimum Gasteiger partial charge on any atom is -0.342 e. The van der Waals surface area contributed by atoms with Crippen molar-refractivity contribution in [3.05, 3.63) is 0 Å². The zero-order valence-corrected chi connectivity index (χ0v) is 9.67. The minimum atomic E-state index is -3.33. The van der Waals surface area contributed by atoms with E-state index in [0.717, 1.165) is 0 Å². The topological polar surface area (TPSA) is 80.5 Å². The lowest BCUT2D eigenvalue weighted by Crippen LogP contribution is -2.38. The molecule has 0 aromatic rings. The van der Waals surface area contributed by atoms with Crippen LogP contribution in [-0.2, 0) is 14.6 Å². The highest BCUT2D eigenvalue weighted by Gasteiger charge is 2.20. The van der Waals surface area contributed by atoms with Crippen LogP contribution < -0.4 is 5.73 Å². The molecule has 84 valence electrons. The van der Waals surface area contributed by atoms with Gasteiger partial charge in [0.15, 0.2) is 9.84 Å². The molecule has 0 aromatic carbocycles. The lowest BCUT2D eigenvalue weighted by Gasteiger charge is -2.21. The van der Waals surface area contributed by atoms with Crippen molar-refractivity contribution in [1.82, 2.24) is 4.90 Å². The lowest BCUT2D eigenvalue weighted by molar-refractivity contribution is -0.128. The minimum absolute atomic E-state index is 0.00979. The lowest BCUT2D eigenvalue weighted by atomic mass is 10.3. The third kappa shape index (κ3) is 4.57. The van der Waals surface area contributed by atoms with Gasteiger partial charge in [-0.2, -0.15) is 0 Å². The maximum atomic E-state index is 11.4. The van der Waals surface area contributed by atoms with Crippen LogP contribution in [0.3, 0.4) is 0 Å². The molecule has 2 N–H and O–H groups in total.